The van der Waals surface area contributed by atoms with Crippen molar-refractivity contribution < 1.29 is 9.47 Å². The second-order valence-corrected chi connectivity index (χ2v) is 3.98. The number of morpholine rings is 1. The van der Waals surface area contributed by atoms with E-state index < -0.39 is 0 Å². The lowest BCUT2D eigenvalue weighted by atomic mass is 10.1. The van der Waals surface area contributed by atoms with Crippen molar-refractivity contribution in [3.05, 3.63) is 0 Å². The maximum atomic E-state index is 5.76. The maximum Gasteiger partial charge on any atom is 0.0852 e. The molecule has 0 aromatic rings. The van der Waals surface area contributed by atoms with Crippen LogP contribution in [0.1, 0.15) is 13.8 Å². The van der Waals surface area contributed by atoms with E-state index in [2.05, 4.69) is 24.1 Å². The standard InChI is InChI=1S/C11H24N2O2/c1-4-13(6-8-14-3)10(2)11-9-12-5-7-15-11/h10-12H,4-9H2,1-3H3. The van der Waals surface area contributed by atoms with Gasteiger partial charge in [-0.3, -0.25) is 4.90 Å². The minimum absolute atomic E-state index is 0.315. The predicted molar refractivity (Wildman–Crippen MR) is 61.2 cm³/mol. The highest BCUT2D eigenvalue weighted by atomic mass is 16.5. The Morgan fingerprint density at radius 1 is 1.60 bits per heavy atom. The summed E-state index contributed by atoms with van der Waals surface area (Å²) in [6.07, 6.45) is 0.315. The minimum Gasteiger partial charge on any atom is -0.383 e. The van der Waals surface area contributed by atoms with Gasteiger partial charge in [-0.1, -0.05) is 6.92 Å². The number of nitrogens with one attached hydrogen (secondary N) is 1. The summed E-state index contributed by atoms with van der Waals surface area (Å²) in [4.78, 5) is 2.40. The van der Waals surface area contributed by atoms with Gasteiger partial charge in [-0.2, -0.15) is 0 Å². The van der Waals surface area contributed by atoms with E-state index in [0.29, 0.717) is 12.1 Å². The van der Waals surface area contributed by atoms with Crippen LogP contribution in [-0.2, 0) is 9.47 Å². The van der Waals surface area contributed by atoms with Gasteiger partial charge in [0.25, 0.3) is 0 Å². The normalized spacial score (nSPS) is 24.4. The van der Waals surface area contributed by atoms with Gasteiger partial charge in [0.05, 0.1) is 19.3 Å². The van der Waals surface area contributed by atoms with E-state index in [9.17, 15) is 0 Å². The average molecular weight is 216 g/mol. The third-order valence-corrected chi connectivity index (χ3v) is 3.06. The number of hydrogen-bond acceptors (Lipinski definition) is 4. The Kier molecular flexibility index (Phi) is 6.17. The van der Waals surface area contributed by atoms with Crippen molar-refractivity contribution >= 4 is 0 Å². The van der Waals surface area contributed by atoms with Crippen LogP contribution in [0.3, 0.4) is 0 Å². The molecule has 2 unspecified atom stereocenters. The molecule has 0 aromatic carbocycles. The maximum absolute atomic E-state index is 5.76. The molecule has 0 radical (unpaired) electrons. The molecule has 2 atom stereocenters. The minimum atomic E-state index is 0.315. The molecule has 90 valence electrons. The highest BCUT2D eigenvalue weighted by molar-refractivity contribution is 4.80. The molecule has 0 aromatic heterocycles. The fourth-order valence-corrected chi connectivity index (χ4v) is 1.99. The Hall–Kier alpha value is -0.160. The summed E-state index contributed by atoms with van der Waals surface area (Å²) in [6.45, 7) is 10.0. The lowest BCUT2D eigenvalue weighted by Gasteiger charge is -2.36. The highest BCUT2D eigenvalue weighted by Gasteiger charge is 2.24. The number of likely N-dealkylation sites (N-methyl/N-ethyl adjacent to an activating group) is 1. The van der Waals surface area contributed by atoms with Crippen molar-refractivity contribution in [2.45, 2.75) is 26.0 Å². The summed E-state index contributed by atoms with van der Waals surface area (Å²) in [7, 11) is 1.75. The van der Waals surface area contributed by atoms with Crippen LogP contribution in [0.15, 0.2) is 0 Å². The third-order valence-electron chi connectivity index (χ3n) is 3.06. The summed E-state index contributed by atoms with van der Waals surface area (Å²) in [5.74, 6) is 0. The van der Waals surface area contributed by atoms with Crippen LogP contribution in [0, 0.1) is 0 Å². The lowest BCUT2D eigenvalue weighted by Crippen LogP contribution is -2.51. The van der Waals surface area contributed by atoms with E-state index in [-0.39, 0.29) is 0 Å². The molecule has 1 saturated heterocycles. The van der Waals surface area contributed by atoms with Crippen LogP contribution in [-0.4, -0.2) is 63.5 Å². The monoisotopic (exact) mass is 216 g/mol. The van der Waals surface area contributed by atoms with E-state index in [1.807, 2.05) is 0 Å². The highest BCUT2D eigenvalue weighted by Crippen LogP contribution is 2.09. The van der Waals surface area contributed by atoms with Gasteiger partial charge >= 0.3 is 0 Å². The Balaban J connectivity index is 2.36. The largest absolute Gasteiger partial charge is 0.383 e. The number of ether oxygens (including phenoxy) is 2. The van der Waals surface area contributed by atoms with Gasteiger partial charge in [0.1, 0.15) is 0 Å². The second-order valence-electron chi connectivity index (χ2n) is 3.98. The molecule has 1 rings (SSSR count). The van der Waals surface area contributed by atoms with Gasteiger partial charge in [0.2, 0.25) is 0 Å². The van der Waals surface area contributed by atoms with E-state index in [4.69, 9.17) is 9.47 Å². The van der Waals surface area contributed by atoms with Crippen LogP contribution in [0.5, 0.6) is 0 Å². The molecule has 0 amide bonds. The number of hydrogen-bond donors (Lipinski definition) is 1. The molecule has 15 heavy (non-hydrogen) atoms. The van der Waals surface area contributed by atoms with Crippen LogP contribution in [0.4, 0.5) is 0 Å². The first-order valence-corrected chi connectivity index (χ1v) is 5.85. The van der Waals surface area contributed by atoms with Crippen molar-refractivity contribution in [1.29, 1.82) is 0 Å². The molecule has 1 heterocycles. The van der Waals surface area contributed by atoms with E-state index in [0.717, 1.165) is 39.4 Å². The number of rotatable bonds is 6. The summed E-state index contributed by atoms with van der Waals surface area (Å²) >= 11 is 0. The van der Waals surface area contributed by atoms with Gasteiger partial charge in [-0.05, 0) is 13.5 Å². The predicted octanol–water partition coefficient (Wildman–Crippen LogP) is 0.332. The summed E-state index contributed by atoms with van der Waals surface area (Å²) < 4.78 is 10.9. The molecule has 0 saturated carbocycles. The lowest BCUT2D eigenvalue weighted by molar-refractivity contribution is -0.0292. The topological polar surface area (TPSA) is 33.7 Å². The average Bonchev–Trinajstić information content (AvgIpc) is 2.31. The van der Waals surface area contributed by atoms with Crippen molar-refractivity contribution in [3.63, 3.8) is 0 Å². The first kappa shape index (κ1) is 12.9. The second kappa shape index (κ2) is 7.17. The van der Waals surface area contributed by atoms with Gasteiger partial charge in [-0.25, -0.2) is 0 Å². The van der Waals surface area contributed by atoms with Crippen LogP contribution < -0.4 is 5.32 Å². The van der Waals surface area contributed by atoms with Gasteiger partial charge in [0, 0.05) is 32.8 Å². The van der Waals surface area contributed by atoms with Gasteiger partial charge < -0.3 is 14.8 Å². The molecule has 1 aliphatic rings. The van der Waals surface area contributed by atoms with E-state index >= 15 is 0 Å². The SMILES string of the molecule is CCN(CCOC)C(C)C1CNCCO1. The Labute approximate surface area is 92.9 Å². The van der Waals surface area contributed by atoms with Crippen molar-refractivity contribution in [1.82, 2.24) is 10.2 Å². The summed E-state index contributed by atoms with van der Waals surface area (Å²) in [5.41, 5.74) is 0. The summed E-state index contributed by atoms with van der Waals surface area (Å²) in [6, 6.07) is 0.456. The first-order chi connectivity index (χ1) is 7.29. The molecule has 1 aliphatic heterocycles. The molecular weight excluding hydrogens is 192 g/mol. The molecular formula is C11H24N2O2. The Morgan fingerprint density at radius 3 is 2.93 bits per heavy atom. The molecule has 1 N–H and O–H groups in total. The van der Waals surface area contributed by atoms with Crippen LogP contribution in [0.2, 0.25) is 0 Å². The summed E-state index contributed by atoms with van der Waals surface area (Å²) in [5, 5.41) is 3.37. The van der Waals surface area contributed by atoms with Crippen molar-refractivity contribution in [3.8, 4) is 0 Å². The smallest absolute Gasteiger partial charge is 0.0852 e. The Morgan fingerprint density at radius 2 is 2.40 bits per heavy atom. The van der Waals surface area contributed by atoms with Crippen LogP contribution in [0.25, 0.3) is 0 Å². The fourth-order valence-electron chi connectivity index (χ4n) is 1.99. The van der Waals surface area contributed by atoms with Crippen LogP contribution >= 0.6 is 0 Å². The zero-order valence-corrected chi connectivity index (χ0v) is 10.2. The van der Waals surface area contributed by atoms with Gasteiger partial charge in [-0.15, -0.1) is 0 Å². The van der Waals surface area contributed by atoms with Crippen molar-refractivity contribution in [2.24, 2.45) is 0 Å². The van der Waals surface area contributed by atoms with E-state index in [1.165, 1.54) is 0 Å². The first-order valence-electron chi connectivity index (χ1n) is 5.85. The molecule has 4 nitrogen and oxygen atoms in total. The molecule has 0 spiro atoms. The zero-order valence-electron chi connectivity index (χ0n) is 10.2. The molecule has 0 bridgehead atoms. The fraction of sp³-hybridized carbons (Fsp3) is 1.00. The molecule has 0 aliphatic carbocycles. The quantitative estimate of drug-likeness (QED) is 0.694. The number of methoxy groups -OCH3 is 1. The molecule has 4 heteroatoms. The molecule has 1 fully saturated rings. The number of nitrogens with zero attached hydrogens (tertiary/aromatic N) is 1. The zero-order chi connectivity index (χ0) is 11.1. The Bertz CT molecular complexity index is 161. The van der Waals surface area contributed by atoms with Gasteiger partial charge in [0.15, 0.2) is 0 Å². The third kappa shape index (κ3) is 4.07. The van der Waals surface area contributed by atoms with E-state index in [1.54, 1.807) is 7.11 Å². The van der Waals surface area contributed by atoms with Crippen molar-refractivity contribution in [2.75, 3.05) is 46.5 Å².